The van der Waals surface area contributed by atoms with Gasteiger partial charge in [-0.05, 0) is 52.7 Å². The minimum atomic E-state index is -3.79. The molecular weight excluding hydrogens is 580 g/mol. The Morgan fingerprint density at radius 2 is 1.88 bits per heavy atom. The number of carboxylic acid groups (broad SMARTS) is 1. The Balaban J connectivity index is 1.22. The molecule has 2 aromatic heterocycles. The van der Waals surface area contributed by atoms with Crippen LogP contribution in [0.25, 0.3) is 10.9 Å². The summed E-state index contributed by atoms with van der Waals surface area (Å²) in [7, 11) is -3.79. The Morgan fingerprint density at radius 3 is 2.55 bits per heavy atom. The molecule has 5 rings (SSSR count). The summed E-state index contributed by atoms with van der Waals surface area (Å²) in [4.78, 5) is 41.5. The van der Waals surface area contributed by atoms with Crippen molar-refractivity contribution in [3.63, 3.8) is 0 Å². The van der Waals surface area contributed by atoms with Gasteiger partial charge in [-0.15, -0.1) is 0 Å². The first kappa shape index (κ1) is 30.1. The van der Waals surface area contributed by atoms with E-state index in [2.05, 4.69) is 44.3 Å². The van der Waals surface area contributed by atoms with Crippen molar-refractivity contribution in [3.8, 4) is 0 Å². The molecule has 0 aliphatic carbocycles. The van der Waals surface area contributed by atoms with Crippen LogP contribution in [0, 0.1) is 6.92 Å². The summed E-state index contributed by atoms with van der Waals surface area (Å²) in [5.41, 5.74) is 1.27. The lowest BCUT2D eigenvalue weighted by atomic mass is 10.0. The van der Waals surface area contributed by atoms with E-state index in [1.165, 1.54) is 10.6 Å². The Kier molecular flexibility index (Phi) is 8.38. The van der Waals surface area contributed by atoms with Gasteiger partial charge in [-0.1, -0.05) is 17.4 Å². The highest BCUT2D eigenvalue weighted by Crippen LogP contribution is 2.33. The number of carbonyl (C=O) groups excluding carboxylic acids is 1. The van der Waals surface area contributed by atoms with Crippen molar-refractivity contribution in [1.82, 2.24) is 29.1 Å². The van der Waals surface area contributed by atoms with Crippen molar-refractivity contribution < 1.29 is 23.1 Å². The number of rotatable bonds is 8. The minimum absolute atomic E-state index is 0.0171. The number of thiazole rings is 1. The van der Waals surface area contributed by atoms with Crippen molar-refractivity contribution in [3.05, 3.63) is 35.8 Å². The lowest BCUT2D eigenvalue weighted by molar-refractivity contribution is 0.0653. The van der Waals surface area contributed by atoms with E-state index < -0.39 is 16.1 Å². The molecule has 3 aromatic rings. The Bertz CT molecular complexity index is 1600. The van der Waals surface area contributed by atoms with Gasteiger partial charge >= 0.3 is 6.09 Å². The summed E-state index contributed by atoms with van der Waals surface area (Å²) in [5.74, 6) is 0.631. The maximum atomic E-state index is 13.5. The second-order valence-corrected chi connectivity index (χ2v) is 14.5. The van der Waals surface area contributed by atoms with Gasteiger partial charge in [0.05, 0.1) is 16.8 Å². The first-order chi connectivity index (χ1) is 19.9. The summed E-state index contributed by atoms with van der Waals surface area (Å²) in [6, 6.07) is 5.59. The van der Waals surface area contributed by atoms with E-state index in [4.69, 9.17) is 5.11 Å². The van der Waals surface area contributed by atoms with Gasteiger partial charge in [0, 0.05) is 56.2 Å². The Morgan fingerprint density at radius 1 is 1.14 bits per heavy atom. The molecule has 3 N–H and O–H groups in total. The summed E-state index contributed by atoms with van der Waals surface area (Å²) < 4.78 is 28.0. The average Bonchev–Trinajstić information content (AvgIpc) is 3.48. The third kappa shape index (κ3) is 6.04. The Labute approximate surface area is 249 Å². The monoisotopic (exact) mass is 616 g/mol. The van der Waals surface area contributed by atoms with Crippen LogP contribution < -0.4 is 10.6 Å². The number of benzene rings is 1. The molecule has 13 nitrogen and oxygen atoms in total. The average molecular weight is 617 g/mol. The second-order valence-electron chi connectivity index (χ2n) is 11.4. The fraction of sp³-hybridized carbons (Fsp3) is 0.519. The van der Waals surface area contributed by atoms with Crippen LogP contribution in [0.4, 0.5) is 15.7 Å². The van der Waals surface area contributed by atoms with Gasteiger partial charge in [-0.3, -0.25) is 15.0 Å². The van der Waals surface area contributed by atoms with Crippen LogP contribution >= 0.6 is 11.3 Å². The molecule has 0 radical (unpaired) electrons. The van der Waals surface area contributed by atoms with Crippen molar-refractivity contribution in [2.45, 2.75) is 56.3 Å². The maximum absolute atomic E-state index is 13.5. The molecule has 2 aliphatic heterocycles. The standard InChI is InChI=1S/C27H36N8O5S2/c1-17(15-33-11-13-34(14-12-33)42(39,40)24-18(2)31-25(41-24)32-26(37)38)30-22-19-7-5-8-20(21(19)28-16-29-22)23(36)35-10-6-9-27(35,3)4/h5,7-8,16-17H,6,9-15H2,1-4H3,(H,31,32)(H,37,38)(H,28,29,30)/t17-/m0/s1. The molecule has 4 heterocycles. The smallest absolute Gasteiger partial charge is 0.410 e. The number of sulfonamides is 1. The number of anilines is 2. The highest BCUT2D eigenvalue weighted by Gasteiger charge is 2.37. The van der Waals surface area contributed by atoms with Crippen molar-refractivity contribution in [2.75, 3.05) is 49.9 Å². The van der Waals surface area contributed by atoms with Gasteiger partial charge in [0.1, 0.15) is 12.1 Å². The second kappa shape index (κ2) is 11.7. The third-order valence-corrected chi connectivity index (χ3v) is 11.4. The van der Waals surface area contributed by atoms with Crippen molar-refractivity contribution in [1.29, 1.82) is 0 Å². The summed E-state index contributed by atoms with van der Waals surface area (Å²) in [5, 5.41) is 15.3. The number of piperazine rings is 1. The first-order valence-electron chi connectivity index (χ1n) is 13.9. The molecule has 0 bridgehead atoms. The number of aryl methyl sites for hydroxylation is 1. The number of likely N-dealkylation sites (tertiary alicyclic amines) is 1. The normalized spacial score (nSPS) is 18.7. The van der Waals surface area contributed by atoms with Gasteiger partial charge in [-0.25, -0.2) is 28.2 Å². The molecule has 226 valence electrons. The van der Waals surface area contributed by atoms with Crippen molar-refractivity contribution in [2.24, 2.45) is 0 Å². The van der Waals surface area contributed by atoms with Gasteiger partial charge in [-0.2, -0.15) is 4.31 Å². The van der Waals surface area contributed by atoms with Crippen molar-refractivity contribution >= 4 is 55.2 Å². The van der Waals surface area contributed by atoms with E-state index in [1.807, 2.05) is 30.0 Å². The predicted molar refractivity (Wildman–Crippen MR) is 161 cm³/mol. The van der Waals surface area contributed by atoms with E-state index in [0.29, 0.717) is 49.6 Å². The SMILES string of the molecule is Cc1nc(NC(=O)O)sc1S(=O)(=O)N1CCN(C[C@H](C)Nc2ncnc3c(C(=O)N4CCCC4(C)C)cccc23)CC1. The highest BCUT2D eigenvalue weighted by molar-refractivity contribution is 7.91. The van der Waals surface area contributed by atoms with Crippen LogP contribution in [0.3, 0.4) is 0 Å². The molecule has 42 heavy (non-hydrogen) atoms. The summed E-state index contributed by atoms with van der Waals surface area (Å²) >= 11 is 0.819. The number of para-hydroxylation sites is 1. The zero-order valence-electron chi connectivity index (χ0n) is 24.1. The van der Waals surface area contributed by atoms with E-state index in [-0.39, 0.29) is 32.5 Å². The molecule has 0 spiro atoms. The maximum Gasteiger partial charge on any atom is 0.410 e. The van der Waals surface area contributed by atoms with E-state index in [9.17, 15) is 18.0 Å². The third-order valence-electron chi connectivity index (χ3n) is 7.83. The van der Waals surface area contributed by atoms with Crippen LogP contribution in [-0.4, -0.2) is 105 Å². The van der Waals surface area contributed by atoms with Gasteiger partial charge in [0.15, 0.2) is 9.34 Å². The molecule has 15 heteroatoms. The summed E-state index contributed by atoms with van der Waals surface area (Å²) in [6.45, 7) is 10.9. The fourth-order valence-electron chi connectivity index (χ4n) is 5.71. The lowest BCUT2D eigenvalue weighted by Crippen LogP contribution is -2.50. The lowest BCUT2D eigenvalue weighted by Gasteiger charge is -2.35. The topological polar surface area (TPSA) is 161 Å². The quantitative estimate of drug-likeness (QED) is 0.342. The summed E-state index contributed by atoms with van der Waals surface area (Å²) in [6.07, 6.45) is 2.14. The zero-order valence-corrected chi connectivity index (χ0v) is 25.8. The molecule has 0 unspecified atom stereocenters. The van der Waals surface area contributed by atoms with Crippen LogP contribution in [0.2, 0.25) is 0 Å². The number of nitrogens with one attached hydrogen (secondary N) is 2. The largest absolute Gasteiger partial charge is 0.465 e. The van der Waals surface area contributed by atoms with E-state index in [1.54, 1.807) is 6.92 Å². The van der Waals surface area contributed by atoms with Crippen LogP contribution in [0.1, 0.15) is 49.7 Å². The Hall–Kier alpha value is -3.40. The zero-order chi connectivity index (χ0) is 30.2. The minimum Gasteiger partial charge on any atom is -0.465 e. The molecule has 2 fully saturated rings. The molecule has 2 aliphatic rings. The number of nitrogens with zero attached hydrogens (tertiary/aromatic N) is 6. The van der Waals surface area contributed by atoms with E-state index >= 15 is 0 Å². The van der Waals surface area contributed by atoms with Crippen LogP contribution in [-0.2, 0) is 10.0 Å². The fourth-order valence-corrected chi connectivity index (χ4v) is 8.67. The molecule has 1 atom stereocenters. The molecule has 2 saturated heterocycles. The van der Waals surface area contributed by atoms with Crippen LogP contribution in [0.5, 0.6) is 0 Å². The highest BCUT2D eigenvalue weighted by atomic mass is 32.2. The number of hydrogen-bond donors (Lipinski definition) is 3. The van der Waals surface area contributed by atoms with E-state index in [0.717, 1.165) is 36.1 Å². The van der Waals surface area contributed by atoms with Gasteiger partial charge < -0.3 is 15.3 Å². The number of fused-ring (bicyclic) bond motifs is 1. The number of hydrogen-bond acceptors (Lipinski definition) is 10. The van der Waals surface area contributed by atoms with Gasteiger partial charge in [0.25, 0.3) is 15.9 Å². The molecule has 2 amide bonds. The molecule has 0 saturated carbocycles. The number of amides is 2. The predicted octanol–water partition coefficient (Wildman–Crippen LogP) is 3.31. The number of aromatic nitrogens is 3. The van der Waals surface area contributed by atoms with Crippen LogP contribution in [0.15, 0.2) is 28.7 Å². The molecular formula is C27H36N8O5S2. The molecule has 1 aromatic carbocycles. The first-order valence-corrected chi connectivity index (χ1v) is 16.1. The van der Waals surface area contributed by atoms with Gasteiger partial charge in [0.2, 0.25) is 0 Å². The number of carbonyl (C=O) groups is 2.